The van der Waals surface area contributed by atoms with E-state index in [9.17, 15) is 14.4 Å². The molecule has 73 heavy (non-hydrogen) atoms. The van der Waals surface area contributed by atoms with E-state index in [2.05, 4.69) is 73.7 Å². The number of piperidine rings is 2. The van der Waals surface area contributed by atoms with Crippen LogP contribution in [0.5, 0.6) is 0 Å². The molecular weight excluding hydrogens is 1020 g/mol. The summed E-state index contributed by atoms with van der Waals surface area (Å²) in [7, 11) is 1.29. The lowest BCUT2D eigenvalue weighted by molar-refractivity contribution is 0.0485. The third-order valence-electron chi connectivity index (χ3n) is 14.0. The molecule has 0 aliphatic carbocycles. The number of nitrogens with zero attached hydrogens (tertiary/aromatic N) is 13. The predicted octanol–water partition coefficient (Wildman–Crippen LogP) is 6.34. The highest BCUT2D eigenvalue weighted by molar-refractivity contribution is 6.32. The maximum atomic E-state index is 13.0. The fourth-order valence-corrected chi connectivity index (χ4v) is 11.1. The van der Waals surface area contributed by atoms with Crippen LogP contribution in [-0.2, 0) is 4.74 Å². The first-order chi connectivity index (χ1) is 34.3. The van der Waals surface area contributed by atoms with Crippen LogP contribution in [0.3, 0.4) is 0 Å². The Morgan fingerprint density at radius 3 is 1.52 bits per heavy atom. The number of ether oxygens (including phenoxy) is 1. The van der Waals surface area contributed by atoms with Crippen LogP contribution in [0.15, 0.2) is 41.7 Å². The molecule has 5 aliphatic heterocycles. The summed E-state index contributed by atoms with van der Waals surface area (Å²) < 4.78 is 4.69. The number of aromatic nitrogens is 6. The van der Waals surface area contributed by atoms with E-state index < -0.39 is 5.97 Å². The summed E-state index contributed by atoms with van der Waals surface area (Å²) >= 11 is 24.7. The Morgan fingerprint density at radius 1 is 0.658 bits per heavy atom. The van der Waals surface area contributed by atoms with Gasteiger partial charge in [-0.1, -0.05) is 75.1 Å². The molecule has 9 rings (SSSR count). The quantitative estimate of drug-likeness (QED) is 0.116. The molecule has 4 aromatic rings. The Bertz CT molecular complexity index is 2600. The van der Waals surface area contributed by atoms with E-state index >= 15 is 0 Å². The highest BCUT2D eigenvalue weighted by atomic mass is 35.5. The second-order valence-electron chi connectivity index (χ2n) is 18.1. The minimum atomic E-state index is -0.568. The zero-order valence-electron chi connectivity index (χ0n) is 40.1. The third kappa shape index (κ3) is 13.1. The van der Waals surface area contributed by atoms with Crippen molar-refractivity contribution in [3.05, 3.63) is 79.8 Å². The summed E-state index contributed by atoms with van der Waals surface area (Å²) in [5.74, 6) is 1.65. The van der Waals surface area contributed by atoms with Crippen LogP contribution in [0.2, 0.25) is 20.6 Å². The Labute approximate surface area is 448 Å². The molecule has 0 bridgehead atoms. The summed E-state index contributed by atoms with van der Waals surface area (Å²) in [6.07, 6.45) is 8.76. The van der Waals surface area contributed by atoms with E-state index in [1.807, 2.05) is 9.80 Å². The summed E-state index contributed by atoms with van der Waals surface area (Å²) in [5.41, 5.74) is 13.4. The number of piperazine rings is 2. The van der Waals surface area contributed by atoms with Gasteiger partial charge in [-0.15, -0.1) is 0 Å². The largest absolute Gasteiger partial charge is 0.464 e. The van der Waals surface area contributed by atoms with Gasteiger partial charge >= 0.3 is 5.97 Å². The topological polar surface area (TPSA) is 234 Å². The monoisotopic (exact) mass is 1080 g/mol. The molecule has 9 heterocycles. The number of likely N-dealkylation sites (tertiary alicyclic amines) is 2. The van der Waals surface area contributed by atoms with Gasteiger partial charge in [-0.2, -0.15) is 0 Å². The molecule has 396 valence electrons. The Morgan fingerprint density at radius 2 is 1.12 bits per heavy atom. The van der Waals surface area contributed by atoms with Crippen molar-refractivity contribution in [2.45, 2.75) is 91.4 Å². The highest BCUT2D eigenvalue weighted by Crippen LogP contribution is 2.31. The first-order valence-corrected chi connectivity index (χ1v) is 25.6. The maximum Gasteiger partial charge on any atom is 0.358 e. The SMILES string of the molecule is C.C.CC[C@H]1CN(c2ncc(C(=O)OC)nc2Cl)CCN1C1CCN(C(=O)c2ccc(Cl)nc2N)CC1.CC[C@H]1CN(c2ncc(C3=NCCN3)nc2Cl)CCN1C1CCN(C(=O)c2ccc(Cl)nc2N)CC1. The zero-order valence-corrected chi connectivity index (χ0v) is 43.1. The van der Waals surface area contributed by atoms with Crippen molar-refractivity contribution >= 4 is 93.3 Å². The summed E-state index contributed by atoms with van der Waals surface area (Å²) in [5, 5.41) is 4.38. The van der Waals surface area contributed by atoms with Crippen molar-refractivity contribution in [1.82, 2.24) is 54.8 Å². The van der Waals surface area contributed by atoms with Gasteiger partial charge in [0.05, 0.1) is 37.2 Å². The number of hydrogen-bond donors (Lipinski definition) is 3. The van der Waals surface area contributed by atoms with Crippen LogP contribution in [-0.4, -0.2) is 183 Å². The molecule has 5 N–H and O–H groups in total. The van der Waals surface area contributed by atoms with Gasteiger partial charge < -0.3 is 41.1 Å². The summed E-state index contributed by atoms with van der Waals surface area (Å²) in [4.78, 5) is 81.0. The molecule has 20 nitrogen and oxygen atoms in total. The lowest BCUT2D eigenvalue weighted by Gasteiger charge is -2.47. The smallest absolute Gasteiger partial charge is 0.358 e. The van der Waals surface area contributed by atoms with Gasteiger partial charge in [0.1, 0.15) is 33.5 Å². The molecule has 0 radical (unpaired) electrons. The van der Waals surface area contributed by atoms with E-state index in [0.29, 0.717) is 78.1 Å². The number of nitrogen functional groups attached to an aromatic ring is 2. The van der Waals surface area contributed by atoms with E-state index in [1.54, 1.807) is 30.5 Å². The number of pyridine rings is 2. The minimum absolute atomic E-state index is 0. The maximum absolute atomic E-state index is 13.0. The molecule has 0 unspecified atom stereocenters. The van der Waals surface area contributed by atoms with Crippen molar-refractivity contribution in [1.29, 1.82) is 0 Å². The van der Waals surface area contributed by atoms with Gasteiger partial charge in [0.2, 0.25) is 0 Å². The number of nitrogens with two attached hydrogens (primary N) is 2. The second kappa shape index (κ2) is 25.7. The number of hydrogen-bond acceptors (Lipinski definition) is 18. The average Bonchev–Trinajstić information content (AvgIpc) is 3.94. The van der Waals surface area contributed by atoms with Gasteiger partial charge in [-0.05, 0) is 62.8 Å². The van der Waals surface area contributed by atoms with Gasteiger partial charge in [-0.25, -0.2) is 34.7 Å². The van der Waals surface area contributed by atoms with Crippen molar-refractivity contribution in [3.8, 4) is 0 Å². The number of halogens is 4. The van der Waals surface area contributed by atoms with Crippen LogP contribution in [0.4, 0.5) is 23.3 Å². The van der Waals surface area contributed by atoms with Gasteiger partial charge in [-0.3, -0.25) is 24.4 Å². The van der Waals surface area contributed by atoms with Crippen LogP contribution < -0.4 is 26.6 Å². The van der Waals surface area contributed by atoms with Crippen molar-refractivity contribution in [2.24, 2.45) is 4.99 Å². The molecular formula is C49H68Cl4N16O4. The summed E-state index contributed by atoms with van der Waals surface area (Å²) in [6, 6.07) is 7.98. The molecule has 4 aromatic heterocycles. The first-order valence-electron chi connectivity index (χ1n) is 24.1. The van der Waals surface area contributed by atoms with Crippen molar-refractivity contribution in [2.75, 3.05) is 107 Å². The van der Waals surface area contributed by atoms with Crippen LogP contribution >= 0.6 is 46.4 Å². The fourth-order valence-electron chi connectivity index (χ4n) is 10.2. The zero-order chi connectivity index (χ0) is 50.3. The normalized spacial score (nSPS) is 20.0. The van der Waals surface area contributed by atoms with E-state index in [4.69, 9.17) is 62.6 Å². The first kappa shape index (κ1) is 56.9. The lowest BCUT2D eigenvalue weighted by atomic mass is 9.97. The van der Waals surface area contributed by atoms with Crippen LogP contribution in [0, 0.1) is 0 Å². The lowest BCUT2D eigenvalue weighted by Crippen LogP contribution is -2.58. The van der Waals surface area contributed by atoms with Gasteiger partial charge in [0.15, 0.2) is 27.6 Å². The number of methoxy groups -OCH3 is 1. The molecule has 0 saturated carbocycles. The van der Waals surface area contributed by atoms with Crippen molar-refractivity contribution in [3.63, 3.8) is 0 Å². The fraction of sp³-hybridized carbons (Fsp3) is 0.551. The highest BCUT2D eigenvalue weighted by Gasteiger charge is 2.37. The van der Waals surface area contributed by atoms with Gasteiger partial charge in [0, 0.05) is 96.2 Å². The number of aliphatic imine (C=N–C) groups is 1. The third-order valence-corrected chi connectivity index (χ3v) is 14.9. The van der Waals surface area contributed by atoms with E-state index in [1.165, 1.54) is 13.3 Å². The molecule has 5 aliphatic rings. The number of anilines is 4. The van der Waals surface area contributed by atoms with E-state index in [0.717, 1.165) is 103 Å². The minimum Gasteiger partial charge on any atom is -0.464 e. The molecule has 24 heteroatoms. The molecule has 2 atom stereocenters. The Hall–Kier alpha value is -5.38. The number of carbonyl (C=O) groups excluding carboxylic acids is 3. The van der Waals surface area contributed by atoms with Gasteiger partial charge in [0.25, 0.3) is 11.8 Å². The molecule has 0 spiro atoms. The number of nitrogens with one attached hydrogen (secondary N) is 1. The Balaban J connectivity index is 0.000000232. The van der Waals surface area contributed by atoms with E-state index in [-0.39, 0.29) is 59.5 Å². The van der Waals surface area contributed by atoms with Crippen LogP contribution in [0.25, 0.3) is 0 Å². The van der Waals surface area contributed by atoms with Crippen molar-refractivity contribution < 1.29 is 19.1 Å². The predicted molar refractivity (Wildman–Crippen MR) is 289 cm³/mol. The molecule has 4 saturated heterocycles. The number of amidine groups is 1. The number of rotatable bonds is 10. The van der Waals surface area contributed by atoms with Crippen LogP contribution in [0.1, 0.15) is 104 Å². The second-order valence-corrected chi connectivity index (χ2v) is 19.6. The Kier molecular flexibility index (Phi) is 20.0. The molecule has 0 aromatic carbocycles. The number of esters is 1. The molecule has 4 fully saturated rings. The molecule has 2 amide bonds. The standard InChI is InChI=1S/C24H31Cl2N9O.C23H29Cl2N7O3.2CH4/c1-2-15-14-34(23-20(26)31-18(13-30-23)22-28-7-8-29-22)11-12-35(15)16-5-9-33(10-6-16)24(36)17-3-4-19(25)32-21(17)27;1-3-14-13-31(21-19(25)28-17(12-27-21)23(34)35-2)10-11-32(14)15-6-8-30(9-7-15)22(33)16-4-5-18(24)29-20(16)26;;/h3-4,13,15-16H,2,5-12,14H2,1H3,(H2,27,32)(H,28,29);4-5,12,14-15H,3,6-11,13H2,1-2H3,(H2,26,29);2*1H4/t15-;14-;;/m00../s1. The summed E-state index contributed by atoms with van der Waals surface area (Å²) in [6.45, 7) is 13.6. The number of carbonyl (C=O) groups is 3. The number of amides is 2. The average molecular weight is 1090 g/mol.